The smallest absolute Gasteiger partial charge is 0.233 e. The number of carbonyl (C=O) groups is 1. The van der Waals surface area contributed by atoms with E-state index in [9.17, 15) is 9.18 Å². The van der Waals surface area contributed by atoms with Crippen molar-refractivity contribution in [3.63, 3.8) is 0 Å². The number of rotatable bonds is 10. The largest absolute Gasteiger partial charge is 0.494 e. The number of nitrogens with zero attached hydrogens (tertiary/aromatic N) is 3. The van der Waals surface area contributed by atoms with E-state index < -0.39 is 5.82 Å². The lowest BCUT2D eigenvalue weighted by molar-refractivity contribution is -0.127. The predicted octanol–water partition coefficient (Wildman–Crippen LogP) is 5.85. The van der Waals surface area contributed by atoms with Crippen molar-refractivity contribution in [3.05, 3.63) is 65.0 Å². The topological polar surface area (TPSA) is 55.3 Å². The number of amides is 1. The molecule has 170 valence electrons. The van der Waals surface area contributed by atoms with Crippen molar-refractivity contribution >= 4 is 40.8 Å². The van der Waals surface area contributed by atoms with E-state index in [4.69, 9.17) is 4.74 Å². The van der Waals surface area contributed by atoms with Crippen LogP contribution >= 0.6 is 34.9 Å². The molecule has 3 rings (SSSR count). The number of methoxy groups -OCH3 is 1. The zero-order valence-corrected chi connectivity index (χ0v) is 21.0. The molecule has 0 saturated carbocycles. The molecule has 1 aromatic heterocycles. The summed E-state index contributed by atoms with van der Waals surface area (Å²) in [5.74, 6) is 1.31. The third kappa shape index (κ3) is 6.95. The Kier molecular flexibility index (Phi) is 8.95. The average Bonchev–Trinajstić information content (AvgIpc) is 3.24. The molecule has 0 aliphatic rings. The molecule has 0 aliphatic carbocycles. The van der Waals surface area contributed by atoms with E-state index in [1.54, 1.807) is 35.8 Å². The maximum absolute atomic E-state index is 13.8. The third-order valence-electron chi connectivity index (χ3n) is 4.78. The SMILES string of the molecule is COc1ccc(CN(C)C(=O)CSc2nnc(SCc3ccc(C(C)C)cc3)s2)cc1F. The number of aromatic nitrogens is 2. The summed E-state index contributed by atoms with van der Waals surface area (Å²) in [6.45, 7) is 4.70. The van der Waals surface area contributed by atoms with Crippen LogP contribution in [-0.2, 0) is 17.1 Å². The lowest BCUT2D eigenvalue weighted by atomic mass is 10.0. The molecule has 1 amide bonds. The predicted molar refractivity (Wildman–Crippen MR) is 130 cm³/mol. The van der Waals surface area contributed by atoms with E-state index in [-0.39, 0.29) is 17.4 Å². The van der Waals surface area contributed by atoms with Crippen molar-refractivity contribution in [3.8, 4) is 5.75 Å². The van der Waals surface area contributed by atoms with E-state index in [1.165, 1.54) is 47.4 Å². The normalized spacial score (nSPS) is 11.1. The molecule has 9 heteroatoms. The molecule has 0 radical (unpaired) electrons. The number of hydrogen-bond donors (Lipinski definition) is 0. The van der Waals surface area contributed by atoms with Gasteiger partial charge in [-0.2, -0.15) is 0 Å². The fourth-order valence-corrected chi connectivity index (χ4v) is 5.78. The minimum Gasteiger partial charge on any atom is -0.494 e. The van der Waals surface area contributed by atoms with Crippen LogP contribution in [0.1, 0.15) is 36.5 Å². The molecule has 5 nitrogen and oxygen atoms in total. The van der Waals surface area contributed by atoms with Gasteiger partial charge in [-0.15, -0.1) is 10.2 Å². The van der Waals surface area contributed by atoms with Crippen molar-refractivity contribution in [2.75, 3.05) is 19.9 Å². The lowest BCUT2D eigenvalue weighted by Gasteiger charge is -2.17. The summed E-state index contributed by atoms with van der Waals surface area (Å²) in [7, 11) is 3.13. The number of hydrogen-bond acceptors (Lipinski definition) is 7. The molecule has 32 heavy (non-hydrogen) atoms. The number of benzene rings is 2. The van der Waals surface area contributed by atoms with Gasteiger partial charge in [-0.25, -0.2) is 4.39 Å². The first-order chi connectivity index (χ1) is 15.4. The van der Waals surface area contributed by atoms with Gasteiger partial charge in [-0.1, -0.05) is 79.0 Å². The Morgan fingerprint density at radius 2 is 1.75 bits per heavy atom. The zero-order chi connectivity index (χ0) is 23.1. The Morgan fingerprint density at radius 3 is 2.38 bits per heavy atom. The summed E-state index contributed by atoms with van der Waals surface area (Å²) in [6, 6.07) is 13.4. The summed E-state index contributed by atoms with van der Waals surface area (Å²) >= 11 is 4.51. The summed E-state index contributed by atoms with van der Waals surface area (Å²) in [6.07, 6.45) is 0. The first kappa shape index (κ1) is 24.5. The zero-order valence-electron chi connectivity index (χ0n) is 18.5. The second kappa shape index (κ2) is 11.7. The first-order valence-corrected chi connectivity index (χ1v) is 12.9. The van der Waals surface area contributed by atoms with Crippen molar-refractivity contribution in [2.45, 2.75) is 40.7 Å². The highest BCUT2D eigenvalue weighted by Gasteiger charge is 2.14. The summed E-state index contributed by atoms with van der Waals surface area (Å²) < 4.78 is 20.4. The fourth-order valence-electron chi connectivity index (χ4n) is 2.86. The molecule has 0 saturated heterocycles. The Hall–Kier alpha value is -2.10. The first-order valence-electron chi connectivity index (χ1n) is 10.1. The molecule has 0 spiro atoms. The van der Waals surface area contributed by atoms with Crippen LogP contribution in [0, 0.1) is 5.82 Å². The van der Waals surface area contributed by atoms with Crippen LogP contribution in [-0.4, -0.2) is 40.9 Å². The molecule has 0 aliphatic heterocycles. The highest BCUT2D eigenvalue weighted by atomic mass is 32.2. The molecular formula is C23H26FN3O2S3. The van der Waals surface area contributed by atoms with Crippen molar-refractivity contribution < 1.29 is 13.9 Å². The quantitative estimate of drug-likeness (QED) is 0.332. The minimum atomic E-state index is -0.435. The Balaban J connectivity index is 1.45. The molecule has 0 bridgehead atoms. The summed E-state index contributed by atoms with van der Waals surface area (Å²) in [4.78, 5) is 14.0. The number of thioether (sulfide) groups is 2. The third-order valence-corrected chi connectivity index (χ3v) is 8.02. The summed E-state index contributed by atoms with van der Waals surface area (Å²) in [5, 5.41) is 8.41. The monoisotopic (exact) mass is 491 g/mol. The molecule has 0 N–H and O–H groups in total. The molecule has 0 fully saturated rings. The van der Waals surface area contributed by atoms with Crippen LogP contribution < -0.4 is 4.74 Å². The van der Waals surface area contributed by atoms with Crippen molar-refractivity contribution in [1.29, 1.82) is 0 Å². The van der Waals surface area contributed by atoms with Gasteiger partial charge in [0.25, 0.3) is 0 Å². The highest BCUT2D eigenvalue weighted by molar-refractivity contribution is 8.03. The van der Waals surface area contributed by atoms with Gasteiger partial charge in [0.1, 0.15) is 0 Å². The van der Waals surface area contributed by atoms with Gasteiger partial charge in [0.15, 0.2) is 20.2 Å². The maximum Gasteiger partial charge on any atom is 0.233 e. The molecule has 1 heterocycles. The van der Waals surface area contributed by atoms with E-state index in [1.807, 2.05) is 0 Å². The van der Waals surface area contributed by atoms with Crippen molar-refractivity contribution in [1.82, 2.24) is 15.1 Å². The van der Waals surface area contributed by atoms with Gasteiger partial charge in [-0.3, -0.25) is 4.79 Å². The van der Waals surface area contributed by atoms with E-state index in [0.29, 0.717) is 18.0 Å². The number of halogens is 1. The second-order valence-electron chi connectivity index (χ2n) is 7.53. The molecule has 3 aromatic rings. The van der Waals surface area contributed by atoms with Gasteiger partial charge >= 0.3 is 0 Å². The Morgan fingerprint density at radius 1 is 1.09 bits per heavy atom. The Labute approximate surface area is 200 Å². The average molecular weight is 492 g/mol. The fraction of sp³-hybridized carbons (Fsp3) is 0.348. The van der Waals surface area contributed by atoms with Crippen LogP contribution in [0.3, 0.4) is 0 Å². The molecule has 0 atom stereocenters. The maximum atomic E-state index is 13.8. The van der Waals surface area contributed by atoms with Crippen LogP contribution in [0.2, 0.25) is 0 Å². The van der Waals surface area contributed by atoms with E-state index in [2.05, 4.69) is 48.3 Å². The van der Waals surface area contributed by atoms with Crippen LogP contribution in [0.15, 0.2) is 51.1 Å². The van der Waals surface area contributed by atoms with Crippen LogP contribution in [0.25, 0.3) is 0 Å². The molecular weight excluding hydrogens is 465 g/mol. The summed E-state index contributed by atoms with van der Waals surface area (Å²) in [5.41, 5.74) is 3.29. The molecule has 2 aromatic carbocycles. The molecule has 0 unspecified atom stereocenters. The van der Waals surface area contributed by atoms with Gasteiger partial charge < -0.3 is 9.64 Å². The van der Waals surface area contributed by atoms with E-state index >= 15 is 0 Å². The Bertz CT molecular complexity index is 1040. The lowest BCUT2D eigenvalue weighted by Crippen LogP contribution is -2.27. The minimum absolute atomic E-state index is 0.0547. The van der Waals surface area contributed by atoms with Gasteiger partial charge in [0.2, 0.25) is 5.91 Å². The van der Waals surface area contributed by atoms with Crippen LogP contribution in [0.4, 0.5) is 4.39 Å². The second-order valence-corrected chi connectivity index (χ2v) is 10.9. The van der Waals surface area contributed by atoms with Crippen molar-refractivity contribution in [2.24, 2.45) is 0 Å². The highest BCUT2D eigenvalue weighted by Crippen LogP contribution is 2.31. The van der Waals surface area contributed by atoms with Crippen LogP contribution in [0.5, 0.6) is 5.75 Å². The van der Waals surface area contributed by atoms with E-state index in [0.717, 1.165) is 14.4 Å². The van der Waals surface area contributed by atoms with Gasteiger partial charge in [-0.05, 0) is 34.7 Å². The number of ether oxygens (including phenoxy) is 1. The van der Waals surface area contributed by atoms with Gasteiger partial charge in [0.05, 0.1) is 12.9 Å². The number of carbonyl (C=O) groups excluding carboxylic acids is 1. The standard InChI is InChI=1S/C23H26FN3O2S3/c1-15(2)18-8-5-16(6-9-18)13-30-22-25-26-23(32-22)31-14-21(28)27(3)12-17-7-10-20(29-4)19(24)11-17/h5-11,15H,12-14H2,1-4H3. The van der Waals surface area contributed by atoms with Gasteiger partial charge in [0, 0.05) is 19.3 Å².